The van der Waals surface area contributed by atoms with Crippen molar-refractivity contribution in [2.24, 2.45) is 0 Å². The molecule has 3 rings (SSSR count). The Morgan fingerprint density at radius 3 is 3.29 bits per heavy atom. The van der Waals surface area contributed by atoms with E-state index in [2.05, 4.69) is 10.3 Å². The summed E-state index contributed by atoms with van der Waals surface area (Å²) in [4.78, 5) is 4.24. The summed E-state index contributed by atoms with van der Waals surface area (Å²) in [6.07, 6.45) is 7.52. The molecule has 17 heavy (non-hydrogen) atoms. The topological polar surface area (TPSA) is 38.6 Å². The Bertz CT molecular complexity index is 488. The van der Waals surface area contributed by atoms with Gasteiger partial charge in [-0.1, -0.05) is 12.5 Å². The summed E-state index contributed by atoms with van der Waals surface area (Å²) < 4.78 is 7.85. The molecule has 1 saturated heterocycles. The van der Waals surface area contributed by atoms with Gasteiger partial charge in [-0.15, -0.1) is 0 Å². The van der Waals surface area contributed by atoms with Crippen molar-refractivity contribution in [2.75, 3.05) is 13.2 Å². The lowest BCUT2D eigenvalue weighted by atomic mass is 10.1. The van der Waals surface area contributed by atoms with Crippen LogP contribution in [0.15, 0.2) is 30.6 Å². The summed E-state index contributed by atoms with van der Waals surface area (Å²) in [5.74, 6) is 0.868. The monoisotopic (exact) mass is 231 g/mol. The van der Waals surface area contributed by atoms with E-state index in [0.717, 1.165) is 24.7 Å². The van der Waals surface area contributed by atoms with Gasteiger partial charge in [-0.25, -0.2) is 4.98 Å². The number of pyridine rings is 1. The van der Waals surface area contributed by atoms with Gasteiger partial charge in [0.1, 0.15) is 12.3 Å². The van der Waals surface area contributed by atoms with Crippen LogP contribution in [0.1, 0.15) is 19.3 Å². The van der Waals surface area contributed by atoms with E-state index in [-0.39, 0.29) is 0 Å². The molecular formula is C13H17N3O. The second kappa shape index (κ2) is 4.75. The second-order valence-electron chi connectivity index (χ2n) is 4.48. The molecule has 2 aromatic heterocycles. The predicted octanol–water partition coefficient (Wildman–Crippen LogP) is 1.86. The van der Waals surface area contributed by atoms with Crippen molar-refractivity contribution in [3.05, 3.63) is 30.6 Å². The maximum atomic E-state index is 5.88. The van der Waals surface area contributed by atoms with E-state index in [0.29, 0.717) is 6.04 Å². The Labute approximate surface area is 101 Å². The highest BCUT2D eigenvalue weighted by Gasteiger charge is 2.13. The third-order valence-corrected chi connectivity index (χ3v) is 3.24. The number of imidazole rings is 1. The Balaban J connectivity index is 1.69. The first-order valence-corrected chi connectivity index (χ1v) is 6.22. The third kappa shape index (κ3) is 2.26. The van der Waals surface area contributed by atoms with Gasteiger partial charge in [0.2, 0.25) is 0 Å². The standard InChI is InChI=1S/C13H17N3O/c1-2-7-14-11(4-1)10-17-13-6-3-5-12-15-8-9-16(12)13/h3,5-6,8-9,11,14H,1-2,4,7,10H2. The fourth-order valence-electron chi connectivity index (χ4n) is 2.29. The van der Waals surface area contributed by atoms with E-state index in [9.17, 15) is 0 Å². The molecule has 1 unspecified atom stereocenters. The SMILES string of the molecule is c1cc(OCC2CCCCN2)n2ccnc2c1. The number of rotatable bonds is 3. The summed E-state index contributed by atoms with van der Waals surface area (Å²) in [6, 6.07) is 6.43. The quantitative estimate of drug-likeness (QED) is 0.876. The van der Waals surface area contributed by atoms with Crippen molar-refractivity contribution in [2.45, 2.75) is 25.3 Å². The molecule has 1 aliphatic rings. The zero-order valence-electron chi connectivity index (χ0n) is 9.80. The van der Waals surface area contributed by atoms with Crippen molar-refractivity contribution >= 4 is 5.65 Å². The number of nitrogens with one attached hydrogen (secondary N) is 1. The summed E-state index contributed by atoms with van der Waals surface area (Å²) in [5.41, 5.74) is 0.930. The molecular weight excluding hydrogens is 214 g/mol. The molecule has 3 heterocycles. The van der Waals surface area contributed by atoms with Crippen LogP contribution >= 0.6 is 0 Å². The van der Waals surface area contributed by atoms with E-state index < -0.39 is 0 Å². The lowest BCUT2D eigenvalue weighted by Crippen LogP contribution is -2.38. The molecule has 90 valence electrons. The Morgan fingerprint density at radius 2 is 2.41 bits per heavy atom. The number of hydrogen-bond donors (Lipinski definition) is 1. The number of nitrogens with zero attached hydrogens (tertiary/aromatic N) is 2. The van der Waals surface area contributed by atoms with Crippen molar-refractivity contribution in [1.82, 2.24) is 14.7 Å². The van der Waals surface area contributed by atoms with Crippen LogP contribution in [-0.2, 0) is 0 Å². The van der Waals surface area contributed by atoms with Crippen LogP contribution in [0.5, 0.6) is 5.88 Å². The molecule has 1 atom stereocenters. The van der Waals surface area contributed by atoms with Gasteiger partial charge in [-0.3, -0.25) is 4.40 Å². The fourth-order valence-corrected chi connectivity index (χ4v) is 2.29. The molecule has 0 bridgehead atoms. The van der Waals surface area contributed by atoms with E-state index in [1.54, 1.807) is 6.20 Å². The van der Waals surface area contributed by atoms with Crippen LogP contribution in [0.2, 0.25) is 0 Å². The minimum Gasteiger partial charge on any atom is -0.477 e. The summed E-state index contributed by atoms with van der Waals surface area (Å²) in [6.45, 7) is 1.85. The molecule has 4 heteroatoms. The van der Waals surface area contributed by atoms with Gasteiger partial charge in [-0.2, -0.15) is 0 Å². The van der Waals surface area contributed by atoms with E-state index >= 15 is 0 Å². The summed E-state index contributed by atoms with van der Waals surface area (Å²) >= 11 is 0. The molecule has 0 radical (unpaired) electrons. The normalized spacial score (nSPS) is 20.6. The maximum absolute atomic E-state index is 5.88. The van der Waals surface area contributed by atoms with Crippen molar-refractivity contribution in [3.8, 4) is 5.88 Å². The zero-order chi connectivity index (χ0) is 11.5. The van der Waals surface area contributed by atoms with Gasteiger partial charge in [0.05, 0.1) is 0 Å². The van der Waals surface area contributed by atoms with Gasteiger partial charge < -0.3 is 10.1 Å². The molecule has 1 aliphatic heterocycles. The molecule has 0 saturated carbocycles. The highest BCUT2D eigenvalue weighted by molar-refractivity contribution is 5.41. The van der Waals surface area contributed by atoms with Crippen LogP contribution in [0.25, 0.3) is 5.65 Å². The number of aromatic nitrogens is 2. The van der Waals surface area contributed by atoms with Crippen LogP contribution in [0.4, 0.5) is 0 Å². The number of hydrogen-bond acceptors (Lipinski definition) is 3. The maximum Gasteiger partial charge on any atom is 0.199 e. The number of piperidine rings is 1. The summed E-state index contributed by atoms with van der Waals surface area (Å²) in [5, 5.41) is 3.48. The molecule has 1 fully saturated rings. The van der Waals surface area contributed by atoms with Crippen molar-refractivity contribution in [1.29, 1.82) is 0 Å². The average Bonchev–Trinajstić information content (AvgIpc) is 2.86. The Morgan fingerprint density at radius 1 is 1.41 bits per heavy atom. The minimum atomic E-state index is 0.488. The van der Waals surface area contributed by atoms with Crippen molar-refractivity contribution in [3.63, 3.8) is 0 Å². The predicted molar refractivity (Wildman–Crippen MR) is 66.3 cm³/mol. The van der Waals surface area contributed by atoms with Crippen LogP contribution in [0.3, 0.4) is 0 Å². The minimum absolute atomic E-state index is 0.488. The highest BCUT2D eigenvalue weighted by Crippen LogP contribution is 2.15. The second-order valence-corrected chi connectivity index (χ2v) is 4.48. The molecule has 0 aromatic carbocycles. The molecule has 0 spiro atoms. The lowest BCUT2D eigenvalue weighted by molar-refractivity contribution is 0.230. The van der Waals surface area contributed by atoms with E-state index in [1.165, 1.54) is 19.3 Å². The highest BCUT2D eigenvalue weighted by atomic mass is 16.5. The first-order valence-electron chi connectivity index (χ1n) is 6.22. The molecule has 4 nitrogen and oxygen atoms in total. The van der Waals surface area contributed by atoms with Gasteiger partial charge in [0, 0.05) is 18.4 Å². The van der Waals surface area contributed by atoms with Gasteiger partial charge in [0.15, 0.2) is 5.88 Å². The molecule has 0 amide bonds. The first kappa shape index (κ1) is 10.6. The third-order valence-electron chi connectivity index (χ3n) is 3.24. The lowest BCUT2D eigenvalue weighted by Gasteiger charge is -2.23. The number of ether oxygens (including phenoxy) is 1. The Kier molecular flexibility index (Phi) is 2.96. The van der Waals surface area contributed by atoms with Gasteiger partial charge in [-0.05, 0) is 31.5 Å². The molecule has 0 aliphatic carbocycles. The average molecular weight is 231 g/mol. The van der Waals surface area contributed by atoms with Crippen LogP contribution in [-0.4, -0.2) is 28.6 Å². The Hall–Kier alpha value is -1.55. The zero-order valence-corrected chi connectivity index (χ0v) is 9.80. The first-order chi connectivity index (χ1) is 8.43. The smallest absolute Gasteiger partial charge is 0.199 e. The van der Waals surface area contributed by atoms with Gasteiger partial charge >= 0.3 is 0 Å². The van der Waals surface area contributed by atoms with Gasteiger partial charge in [0.25, 0.3) is 0 Å². The van der Waals surface area contributed by atoms with Crippen LogP contribution < -0.4 is 10.1 Å². The molecule has 2 aromatic rings. The van der Waals surface area contributed by atoms with E-state index in [1.807, 2.05) is 28.8 Å². The van der Waals surface area contributed by atoms with E-state index in [4.69, 9.17) is 4.74 Å². The molecule has 1 N–H and O–H groups in total. The number of fused-ring (bicyclic) bond motifs is 1. The van der Waals surface area contributed by atoms with Crippen LogP contribution in [0, 0.1) is 0 Å². The van der Waals surface area contributed by atoms with Crippen molar-refractivity contribution < 1.29 is 4.74 Å². The summed E-state index contributed by atoms with van der Waals surface area (Å²) in [7, 11) is 0. The largest absolute Gasteiger partial charge is 0.477 e. The fraction of sp³-hybridized carbons (Fsp3) is 0.462.